The van der Waals surface area contributed by atoms with Gasteiger partial charge >= 0.3 is 0 Å². The average molecular weight is 521 g/mol. The Morgan fingerprint density at radius 1 is 0.892 bits per heavy atom. The van der Waals surface area contributed by atoms with Crippen molar-refractivity contribution in [1.29, 1.82) is 0 Å². The van der Waals surface area contributed by atoms with Crippen LogP contribution in [0.4, 0.5) is 11.4 Å². The van der Waals surface area contributed by atoms with Crippen molar-refractivity contribution in [3.63, 3.8) is 0 Å². The van der Waals surface area contributed by atoms with Gasteiger partial charge in [-0.2, -0.15) is 10.2 Å². The quantitative estimate of drug-likeness (QED) is 0.116. The van der Waals surface area contributed by atoms with Gasteiger partial charge in [0.1, 0.15) is 48.4 Å². The smallest absolute Gasteiger partial charge is 0.186 e. The number of aliphatic hydroxyl groups is 7. The fourth-order valence-corrected chi connectivity index (χ4v) is 3.38. The standard InChI is InChI=1S/C24H32N4O9/c29-12-18-21(33)22(34)23(35)24(37-18)36-13-17(30)20(32)19(31)16(28-27-15-9-5-2-6-10-15)11-25-26-14-7-3-1-4-8-14/h1-11,17-24,26-27,29-35H,12-13H2/b25-11+,28-16+/t17-,18+,19+,20-,21-,22-,23-,24+/m1/s1. The zero-order chi connectivity index (χ0) is 26.8. The Labute approximate surface area is 212 Å². The molecule has 9 N–H and O–H groups in total. The highest BCUT2D eigenvalue weighted by Gasteiger charge is 2.44. The molecule has 0 aliphatic carbocycles. The van der Waals surface area contributed by atoms with E-state index < -0.39 is 62.2 Å². The van der Waals surface area contributed by atoms with E-state index in [4.69, 9.17) is 9.47 Å². The Bertz CT molecular complexity index is 996. The molecule has 8 atom stereocenters. The second-order valence-electron chi connectivity index (χ2n) is 8.28. The number of rotatable bonds is 12. The van der Waals surface area contributed by atoms with E-state index in [-0.39, 0.29) is 5.71 Å². The first-order valence-corrected chi connectivity index (χ1v) is 11.5. The largest absolute Gasteiger partial charge is 0.394 e. The van der Waals surface area contributed by atoms with Gasteiger partial charge in [0.25, 0.3) is 0 Å². The number of nitrogens with zero attached hydrogens (tertiary/aromatic N) is 2. The zero-order valence-electron chi connectivity index (χ0n) is 19.7. The third-order valence-electron chi connectivity index (χ3n) is 5.55. The highest BCUT2D eigenvalue weighted by atomic mass is 16.7. The summed E-state index contributed by atoms with van der Waals surface area (Å²) in [5.74, 6) is 0. The number of anilines is 2. The van der Waals surface area contributed by atoms with Gasteiger partial charge in [-0.15, -0.1) is 0 Å². The molecular weight excluding hydrogens is 488 g/mol. The lowest BCUT2D eigenvalue weighted by Crippen LogP contribution is -2.59. The van der Waals surface area contributed by atoms with Crippen LogP contribution in [0, 0.1) is 0 Å². The van der Waals surface area contributed by atoms with Gasteiger partial charge in [0.2, 0.25) is 0 Å². The van der Waals surface area contributed by atoms with Crippen LogP contribution in [0.25, 0.3) is 0 Å². The minimum atomic E-state index is -1.82. The molecule has 13 heteroatoms. The van der Waals surface area contributed by atoms with Gasteiger partial charge in [-0.3, -0.25) is 10.9 Å². The van der Waals surface area contributed by atoms with Crippen molar-refractivity contribution in [3.05, 3.63) is 60.7 Å². The van der Waals surface area contributed by atoms with Crippen LogP contribution in [0.2, 0.25) is 0 Å². The molecule has 1 aliphatic rings. The molecule has 2 aromatic carbocycles. The lowest BCUT2D eigenvalue weighted by atomic mass is 9.99. The molecule has 202 valence electrons. The van der Waals surface area contributed by atoms with Crippen LogP contribution in [0.1, 0.15) is 0 Å². The van der Waals surface area contributed by atoms with Crippen LogP contribution in [-0.2, 0) is 9.47 Å². The van der Waals surface area contributed by atoms with Gasteiger partial charge in [0.15, 0.2) is 6.29 Å². The summed E-state index contributed by atoms with van der Waals surface area (Å²) in [6.07, 6.45) is -11.7. The average Bonchev–Trinajstić information content (AvgIpc) is 2.93. The highest BCUT2D eigenvalue weighted by Crippen LogP contribution is 2.22. The first-order valence-electron chi connectivity index (χ1n) is 11.5. The monoisotopic (exact) mass is 520 g/mol. The third-order valence-corrected chi connectivity index (χ3v) is 5.55. The summed E-state index contributed by atoms with van der Waals surface area (Å²) in [7, 11) is 0. The lowest BCUT2D eigenvalue weighted by Gasteiger charge is -2.40. The van der Waals surface area contributed by atoms with Crippen molar-refractivity contribution in [2.24, 2.45) is 10.2 Å². The van der Waals surface area contributed by atoms with E-state index in [2.05, 4.69) is 21.1 Å². The van der Waals surface area contributed by atoms with E-state index in [1.54, 1.807) is 48.5 Å². The van der Waals surface area contributed by atoms with Gasteiger partial charge in [-0.1, -0.05) is 36.4 Å². The number of ether oxygens (including phenoxy) is 2. The molecular formula is C24H32N4O9. The molecule has 13 nitrogen and oxygen atoms in total. The Balaban J connectivity index is 1.66. The molecule has 0 unspecified atom stereocenters. The van der Waals surface area contributed by atoms with Crippen molar-refractivity contribution in [2.45, 2.75) is 49.0 Å². The molecule has 3 rings (SSSR count). The van der Waals surface area contributed by atoms with Crippen LogP contribution in [0.3, 0.4) is 0 Å². The summed E-state index contributed by atoms with van der Waals surface area (Å²) >= 11 is 0. The molecule has 0 radical (unpaired) electrons. The Morgan fingerprint density at radius 2 is 1.49 bits per heavy atom. The number of para-hydroxylation sites is 2. The van der Waals surface area contributed by atoms with Gasteiger partial charge in [0.05, 0.1) is 30.8 Å². The van der Waals surface area contributed by atoms with E-state index in [1.165, 1.54) is 6.21 Å². The van der Waals surface area contributed by atoms with E-state index >= 15 is 0 Å². The maximum absolute atomic E-state index is 10.7. The van der Waals surface area contributed by atoms with E-state index in [9.17, 15) is 35.7 Å². The molecule has 0 amide bonds. The third kappa shape index (κ3) is 8.00. The maximum Gasteiger partial charge on any atom is 0.186 e. The zero-order valence-corrected chi connectivity index (χ0v) is 19.7. The summed E-state index contributed by atoms with van der Waals surface area (Å²) in [5, 5.41) is 78.8. The van der Waals surface area contributed by atoms with Crippen molar-refractivity contribution in [3.8, 4) is 0 Å². The summed E-state index contributed by atoms with van der Waals surface area (Å²) in [6.45, 7) is -1.29. The molecule has 1 aliphatic heterocycles. The first-order chi connectivity index (χ1) is 17.8. The van der Waals surface area contributed by atoms with Gasteiger partial charge in [-0.25, -0.2) is 0 Å². The number of aliphatic hydroxyl groups excluding tert-OH is 7. The second kappa shape index (κ2) is 14.1. The minimum absolute atomic E-state index is 0.133. The van der Waals surface area contributed by atoms with Gasteiger partial charge in [-0.05, 0) is 24.3 Å². The van der Waals surface area contributed by atoms with Crippen LogP contribution in [-0.4, -0.2) is 110 Å². The number of hydrogen-bond acceptors (Lipinski definition) is 13. The summed E-state index contributed by atoms with van der Waals surface area (Å²) in [6, 6.07) is 17.8. The predicted octanol–water partition coefficient (Wildman–Crippen LogP) is -1.55. The molecule has 0 bridgehead atoms. The molecule has 37 heavy (non-hydrogen) atoms. The Morgan fingerprint density at radius 3 is 2.08 bits per heavy atom. The van der Waals surface area contributed by atoms with Crippen molar-refractivity contribution >= 4 is 23.3 Å². The fourth-order valence-electron chi connectivity index (χ4n) is 3.38. The first kappa shape index (κ1) is 28.6. The topological polar surface area (TPSA) is 209 Å². The van der Waals surface area contributed by atoms with Crippen LogP contribution >= 0.6 is 0 Å². The van der Waals surface area contributed by atoms with Gasteiger partial charge in [0, 0.05) is 0 Å². The number of benzene rings is 2. The number of hydrazone groups is 2. The molecule has 0 spiro atoms. The van der Waals surface area contributed by atoms with Crippen LogP contribution in [0.15, 0.2) is 70.9 Å². The molecule has 0 aromatic heterocycles. The van der Waals surface area contributed by atoms with Crippen molar-refractivity contribution in [1.82, 2.24) is 0 Å². The molecule has 0 saturated carbocycles. The lowest BCUT2D eigenvalue weighted by molar-refractivity contribution is -0.306. The Hall–Kier alpha value is -2.98. The van der Waals surface area contributed by atoms with E-state index in [0.717, 1.165) is 0 Å². The molecule has 1 heterocycles. The Kier molecular flexibility index (Phi) is 10.9. The minimum Gasteiger partial charge on any atom is -0.394 e. The van der Waals surface area contributed by atoms with Gasteiger partial charge < -0.3 is 45.2 Å². The normalized spacial score (nSPS) is 27.0. The van der Waals surface area contributed by atoms with Crippen molar-refractivity contribution < 1.29 is 45.2 Å². The highest BCUT2D eigenvalue weighted by molar-refractivity contribution is 6.33. The van der Waals surface area contributed by atoms with E-state index in [0.29, 0.717) is 11.4 Å². The molecule has 2 aromatic rings. The number of hydrogen-bond donors (Lipinski definition) is 9. The summed E-state index contributed by atoms with van der Waals surface area (Å²) in [5.41, 5.74) is 6.62. The summed E-state index contributed by atoms with van der Waals surface area (Å²) in [4.78, 5) is 0. The summed E-state index contributed by atoms with van der Waals surface area (Å²) < 4.78 is 10.5. The van der Waals surface area contributed by atoms with E-state index in [1.807, 2.05) is 12.1 Å². The van der Waals surface area contributed by atoms with Crippen molar-refractivity contribution in [2.75, 3.05) is 24.1 Å². The SMILES string of the molecule is OC[C@@H]1O[C@H](OC[C@@H](O)[C@@H](O)[C@@H](O)C(/C=N/Nc2ccccc2)=N/Nc2ccccc2)[C@H](O)[C@H](O)[C@@H]1O. The second-order valence-corrected chi connectivity index (χ2v) is 8.28. The molecule has 1 fully saturated rings. The van der Waals surface area contributed by atoms with Crippen LogP contribution < -0.4 is 10.9 Å². The fraction of sp³-hybridized carbons (Fsp3) is 0.417. The maximum atomic E-state index is 10.7. The van der Waals surface area contributed by atoms with Crippen LogP contribution in [0.5, 0.6) is 0 Å². The molecule has 1 saturated heterocycles. The predicted molar refractivity (Wildman–Crippen MR) is 134 cm³/mol. The number of nitrogens with one attached hydrogen (secondary N) is 2.